The summed E-state index contributed by atoms with van der Waals surface area (Å²) in [5, 5.41) is 11.7. The Labute approximate surface area is 173 Å². The second-order valence-corrected chi connectivity index (χ2v) is 6.59. The number of carbonyl (C=O) groups is 1. The predicted octanol–water partition coefficient (Wildman–Crippen LogP) is 4.04. The van der Waals surface area contributed by atoms with Gasteiger partial charge in [-0.2, -0.15) is 13.2 Å². The summed E-state index contributed by atoms with van der Waals surface area (Å²) in [5.41, 5.74) is 0.222. The molecule has 0 spiro atoms. The van der Waals surface area contributed by atoms with E-state index in [0.29, 0.717) is 30.2 Å². The van der Waals surface area contributed by atoms with Crippen molar-refractivity contribution in [2.45, 2.75) is 19.1 Å². The fraction of sp³-hybridized carbons (Fsp3) is 0.211. The molecule has 1 aromatic carbocycles. The Morgan fingerprint density at radius 1 is 1.29 bits per heavy atom. The SMILES string of the molecule is [C-]#[N+]c1ccc(N2CCc3c(ncnc3Nc3ncc(C(=O)O)o3)C2)cc1C(F)(F)F. The molecule has 2 aromatic heterocycles. The fourth-order valence-corrected chi connectivity index (χ4v) is 3.26. The largest absolute Gasteiger partial charge is 0.475 e. The average Bonchev–Trinajstić information content (AvgIpc) is 3.21. The number of carboxylic acid groups (broad SMARTS) is 1. The number of oxazole rings is 1. The lowest BCUT2D eigenvalue weighted by Crippen LogP contribution is -2.32. The second kappa shape index (κ2) is 7.60. The van der Waals surface area contributed by atoms with Gasteiger partial charge in [-0.05, 0) is 18.6 Å². The highest BCUT2D eigenvalue weighted by atomic mass is 19.4. The van der Waals surface area contributed by atoms with E-state index in [0.717, 1.165) is 23.9 Å². The van der Waals surface area contributed by atoms with Gasteiger partial charge in [0.05, 0.1) is 30.6 Å². The molecule has 0 saturated carbocycles. The first-order valence-corrected chi connectivity index (χ1v) is 8.89. The smallest absolute Gasteiger partial charge is 0.407 e. The third-order valence-electron chi connectivity index (χ3n) is 4.72. The number of anilines is 3. The van der Waals surface area contributed by atoms with Crippen molar-refractivity contribution in [2.24, 2.45) is 0 Å². The molecule has 4 rings (SSSR count). The lowest BCUT2D eigenvalue weighted by atomic mass is 10.0. The number of rotatable bonds is 4. The van der Waals surface area contributed by atoms with E-state index >= 15 is 0 Å². The van der Waals surface area contributed by atoms with Crippen molar-refractivity contribution in [3.05, 3.63) is 64.7 Å². The Morgan fingerprint density at radius 3 is 2.77 bits per heavy atom. The number of carboxylic acids is 1. The van der Waals surface area contributed by atoms with Gasteiger partial charge in [-0.15, -0.1) is 0 Å². The number of halogens is 3. The normalized spacial score (nSPS) is 13.4. The number of benzene rings is 1. The number of nitrogens with one attached hydrogen (secondary N) is 1. The lowest BCUT2D eigenvalue weighted by molar-refractivity contribution is -0.136. The highest BCUT2D eigenvalue weighted by molar-refractivity contribution is 5.84. The number of hydrogen-bond acceptors (Lipinski definition) is 7. The zero-order valence-electron chi connectivity index (χ0n) is 15.6. The fourth-order valence-electron chi connectivity index (χ4n) is 3.26. The number of fused-ring (bicyclic) bond motifs is 1. The Hall–Kier alpha value is -4.14. The molecule has 9 nitrogen and oxygen atoms in total. The molecule has 0 fully saturated rings. The number of hydrogen-bond donors (Lipinski definition) is 2. The number of alkyl halides is 3. The van der Waals surface area contributed by atoms with Crippen molar-refractivity contribution in [1.29, 1.82) is 0 Å². The van der Waals surface area contributed by atoms with Crippen molar-refractivity contribution >= 4 is 29.2 Å². The predicted molar refractivity (Wildman–Crippen MR) is 101 cm³/mol. The molecule has 1 aliphatic rings. The van der Waals surface area contributed by atoms with Crippen LogP contribution < -0.4 is 10.2 Å². The van der Waals surface area contributed by atoms with Crippen molar-refractivity contribution < 1.29 is 27.5 Å². The molecular formula is C19H13F3N6O3. The molecule has 0 saturated heterocycles. The van der Waals surface area contributed by atoms with E-state index in [2.05, 4.69) is 25.1 Å². The molecule has 0 atom stereocenters. The molecule has 0 aliphatic carbocycles. The topological polar surface area (TPSA) is 109 Å². The van der Waals surface area contributed by atoms with Gasteiger partial charge >= 0.3 is 18.2 Å². The van der Waals surface area contributed by atoms with Gasteiger partial charge in [0.2, 0.25) is 5.76 Å². The van der Waals surface area contributed by atoms with Gasteiger partial charge in [-0.1, -0.05) is 6.07 Å². The molecule has 158 valence electrons. The number of nitrogens with zero attached hydrogens (tertiary/aromatic N) is 5. The zero-order valence-corrected chi connectivity index (χ0v) is 15.6. The van der Waals surface area contributed by atoms with Crippen LogP contribution in [0.4, 0.5) is 36.4 Å². The summed E-state index contributed by atoms with van der Waals surface area (Å²) in [5.74, 6) is -1.22. The van der Waals surface area contributed by atoms with Crippen LogP contribution in [0.3, 0.4) is 0 Å². The van der Waals surface area contributed by atoms with Crippen LogP contribution in [0.15, 0.2) is 35.1 Å². The van der Waals surface area contributed by atoms with Crippen LogP contribution in [-0.2, 0) is 19.1 Å². The van der Waals surface area contributed by atoms with Crippen molar-refractivity contribution in [2.75, 3.05) is 16.8 Å². The van der Waals surface area contributed by atoms with Crippen molar-refractivity contribution in [3.63, 3.8) is 0 Å². The van der Waals surface area contributed by atoms with E-state index < -0.39 is 23.4 Å². The first-order valence-electron chi connectivity index (χ1n) is 8.89. The third-order valence-corrected chi connectivity index (χ3v) is 4.72. The van der Waals surface area contributed by atoms with E-state index in [1.807, 2.05) is 0 Å². The van der Waals surface area contributed by atoms with Gasteiger partial charge in [0.1, 0.15) is 12.1 Å². The van der Waals surface area contributed by atoms with Crippen LogP contribution in [0.5, 0.6) is 0 Å². The molecule has 0 radical (unpaired) electrons. The molecule has 12 heteroatoms. The summed E-state index contributed by atoms with van der Waals surface area (Å²) in [6.45, 7) is 7.57. The summed E-state index contributed by atoms with van der Waals surface area (Å²) in [4.78, 5) is 27.8. The van der Waals surface area contributed by atoms with Crippen molar-refractivity contribution in [1.82, 2.24) is 15.0 Å². The maximum Gasteiger partial charge on any atom is 0.407 e. The van der Waals surface area contributed by atoms with Crippen LogP contribution in [-0.4, -0.2) is 32.6 Å². The zero-order chi connectivity index (χ0) is 22.2. The maximum atomic E-state index is 13.3. The monoisotopic (exact) mass is 430 g/mol. The Kier molecular flexibility index (Phi) is 4.94. The first-order chi connectivity index (χ1) is 14.8. The first kappa shape index (κ1) is 20.1. The minimum atomic E-state index is -4.63. The Bertz CT molecular complexity index is 1200. The maximum absolute atomic E-state index is 13.3. The highest BCUT2D eigenvalue weighted by Crippen LogP contribution is 2.39. The van der Waals surface area contributed by atoms with Gasteiger partial charge in [0, 0.05) is 17.8 Å². The van der Waals surface area contributed by atoms with Crippen LogP contribution in [0, 0.1) is 6.57 Å². The summed E-state index contributed by atoms with van der Waals surface area (Å²) in [6, 6.07) is 3.56. The molecule has 1 aliphatic heterocycles. The van der Waals surface area contributed by atoms with Gasteiger partial charge in [0.15, 0.2) is 5.69 Å². The highest BCUT2D eigenvalue weighted by Gasteiger charge is 2.34. The van der Waals surface area contributed by atoms with Crippen LogP contribution >= 0.6 is 0 Å². The van der Waals surface area contributed by atoms with Gasteiger partial charge in [0.25, 0.3) is 0 Å². The van der Waals surface area contributed by atoms with Gasteiger partial charge < -0.3 is 14.4 Å². The minimum Gasteiger partial charge on any atom is -0.475 e. The molecule has 31 heavy (non-hydrogen) atoms. The van der Waals surface area contributed by atoms with E-state index in [1.165, 1.54) is 12.4 Å². The number of aromatic nitrogens is 3. The van der Waals surface area contributed by atoms with E-state index in [9.17, 15) is 18.0 Å². The molecule has 0 bridgehead atoms. The minimum absolute atomic E-state index is 0.0507. The van der Waals surface area contributed by atoms with Gasteiger partial charge in [-0.25, -0.2) is 24.6 Å². The molecule has 0 unspecified atom stereocenters. The molecular weight excluding hydrogens is 417 g/mol. The Morgan fingerprint density at radius 2 is 2.10 bits per heavy atom. The average molecular weight is 430 g/mol. The number of aromatic carboxylic acids is 1. The summed E-state index contributed by atoms with van der Waals surface area (Å²) < 4.78 is 44.9. The molecule has 3 heterocycles. The summed E-state index contributed by atoms with van der Waals surface area (Å²) in [6.07, 6.45) is -1.87. The quantitative estimate of drug-likeness (QED) is 0.597. The van der Waals surface area contributed by atoms with Gasteiger partial charge in [-0.3, -0.25) is 5.32 Å². The third kappa shape index (κ3) is 3.97. The van der Waals surface area contributed by atoms with E-state index in [4.69, 9.17) is 16.1 Å². The van der Waals surface area contributed by atoms with Crippen LogP contribution in [0.1, 0.15) is 27.4 Å². The molecule has 2 N–H and O–H groups in total. The van der Waals surface area contributed by atoms with E-state index in [1.54, 1.807) is 4.90 Å². The lowest BCUT2D eigenvalue weighted by Gasteiger charge is -2.31. The molecule has 0 amide bonds. The van der Waals surface area contributed by atoms with Crippen LogP contribution in [0.2, 0.25) is 0 Å². The second-order valence-electron chi connectivity index (χ2n) is 6.59. The molecule has 3 aromatic rings. The standard InChI is InChI=1S/C19H13F3N6O3/c1-23-13-3-2-10(6-12(13)19(20,21)22)28-5-4-11-14(8-28)25-9-26-16(11)27-18-24-7-15(31-18)17(29)30/h2-3,6-7,9H,4-5,8H2,(H,29,30)(H,24,25,26,27). The summed E-state index contributed by atoms with van der Waals surface area (Å²) >= 11 is 0. The van der Waals surface area contributed by atoms with Crippen LogP contribution in [0.25, 0.3) is 4.85 Å². The summed E-state index contributed by atoms with van der Waals surface area (Å²) in [7, 11) is 0. The van der Waals surface area contributed by atoms with E-state index in [-0.39, 0.29) is 18.3 Å². The Balaban J connectivity index is 1.59. The van der Waals surface area contributed by atoms with Crippen molar-refractivity contribution in [3.8, 4) is 0 Å².